The van der Waals surface area contributed by atoms with Crippen LogP contribution in [0.5, 0.6) is 5.75 Å². The molecule has 0 aliphatic carbocycles. The van der Waals surface area contributed by atoms with Crippen LogP contribution in [0.2, 0.25) is 0 Å². The number of aromatic nitrogens is 1. The molecule has 0 fully saturated rings. The van der Waals surface area contributed by atoms with Crippen molar-refractivity contribution in [2.24, 2.45) is 0 Å². The van der Waals surface area contributed by atoms with Gasteiger partial charge in [-0.3, -0.25) is 4.98 Å². The van der Waals surface area contributed by atoms with Crippen LogP contribution >= 0.6 is 0 Å². The molecule has 0 aliphatic rings. The highest BCUT2D eigenvalue weighted by atomic mass is 19.1. The smallest absolute Gasteiger partial charge is 0.144 e. The molecule has 4 heteroatoms. The number of anilines is 1. The Morgan fingerprint density at radius 3 is 2.78 bits per heavy atom. The summed E-state index contributed by atoms with van der Waals surface area (Å²) in [6.45, 7) is 2.56. The number of hydrogen-bond acceptors (Lipinski definition) is 3. The van der Waals surface area contributed by atoms with Crippen molar-refractivity contribution < 1.29 is 9.13 Å². The first-order chi connectivity index (χ1) is 8.69. The Balaban J connectivity index is 2.08. The van der Waals surface area contributed by atoms with Crippen LogP contribution in [0.25, 0.3) is 0 Å². The molecular weight excluding hydrogens is 231 g/mol. The predicted molar refractivity (Wildman–Crippen MR) is 69.3 cm³/mol. The number of pyridine rings is 1. The number of rotatable bonds is 4. The van der Waals surface area contributed by atoms with Gasteiger partial charge in [0.15, 0.2) is 0 Å². The van der Waals surface area contributed by atoms with Crippen molar-refractivity contribution in [1.82, 2.24) is 4.98 Å². The summed E-state index contributed by atoms with van der Waals surface area (Å²) in [5.74, 6) is 0.185. The van der Waals surface area contributed by atoms with Gasteiger partial charge in [-0.25, -0.2) is 4.39 Å². The molecule has 0 aliphatic heterocycles. The van der Waals surface area contributed by atoms with Crippen molar-refractivity contribution in [2.45, 2.75) is 13.5 Å². The molecule has 0 radical (unpaired) electrons. The van der Waals surface area contributed by atoms with E-state index < -0.39 is 0 Å². The number of ether oxygens (including phenoxy) is 1. The van der Waals surface area contributed by atoms with Gasteiger partial charge in [-0.2, -0.15) is 0 Å². The molecule has 2 rings (SSSR count). The van der Waals surface area contributed by atoms with Gasteiger partial charge in [-0.1, -0.05) is 6.07 Å². The van der Waals surface area contributed by atoms with Crippen LogP contribution in [-0.2, 0) is 6.54 Å². The van der Waals surface area contributed by atoms with Crippen LogP contribution in [0.15, 0.2) is 36.5 Å². The van der Waals surface area contributed by atoms with Crippen LogP contribution in [0.4, 0.5) is 10.1 Å². The zero-order chi connectivity index (χ0) is 13.0. The minimum Gasteiger partial charge on any atom is -0.494 e. The zero-order valence-corrected chi connectivity index (χ0v) is 10.4. The molecule has 0 saturated heterocycles. The molecule has 1 N–H and O–H groups in total. The highest BCUT2D eigenvalue weighted by molar-refractivity contribution is 5.56. The largest absolute Gasteiger partial charge is 0.494 e. The number of nitrogens with one attached hydrogen (secondary N) is 1. The highest BCUT2D eigenvalue weighted by Gasteiger charge is 2.04. The Morgan fingerprint density at radius 1 is 1.28 bits per heavy atom. The van der Waals surface area contributed by atoms with E-state index in [4.69, 9.17) is 4.74 Å². The van der Waals surface area contributed by atoms with Gasteiger partial charge >= 0.3 is 0 Å². The molecule has 0 atom stereocenters. The van der Waals surface area contributed by atoms with Crippen LogP contribution < -0.4 is 10.1 Å². The van der Waals surface area contributed by atoms with Gasteiger partial charge in [0.25, 0.3) is 0 Å². The fourth-order valence-corrected chi connectivity index (χ4v) is 1.61. The Hall–Kier alpha value is -2.10. The minimum atomic E-state index is -0.311. The number of nitrogens with zero attached hydrogens (tertiary/aromatic N) is 1. The van der Waals surface area contributed by atoms with E-state index in [9.17, 15) is 4.39 Å². The highest BCUT2D eigenvalue weighted by Crippen LogP contribution is 2.25. The van der Waals surface area contributed by atoms with E-state index in [0.29, 0.717) is 12.3 Å². The van der Waals surface area contributed by atoms with Crippen molar-refractivity contribution in [3.8, 4) is 5.75 Å². The number of methoxy groups -OCH3 is 1. The van der Waals surface area contributed by atoms with Crippen molar-refractivity contribution >= 4 is 5.69 Å². The van der Waals surface area contributed by atoms with Crippen LogP contribution in [0.1, 0.15) is 11.3 Å². The molecule has 0 saturated carbocycles. The first-order valence-electron chi connectivity index (χ1n) is 5.68. The Bertz CT molecular complexity index is 526. The van der Waals surface area contributed by atoms with E-state index in [1.165, 1.54) is 19.2 Å². The minimum absolute atomic E-state index is 0.311. The first-order valence-corrected chi connectivity index (χ1v) is 5.68. The predicted octanol–water partition coefficient (Wildman–Crippen LogP) is 3.15. The van der Waals surface area contributed by atoms with Crippen molar-refractivity contribution in [2.75, 3.05) is 12.4 Å². The quantitative estimate of drug-likeness (QED) is 0.899. The molecule has 1 aromatic carbocycles. The summed E-state index contributed by atoms with van der Waals surface area (Å²) in [6.07, 6.45) is 1.82. The lowest BCUT2D eigenvalue weighted by Gasteiger charge is -2.11. The lowest BCUT2D eigenvalue weighted by atomic mass is 10.2. The topological polar surface area (TPSA) is 34.1 Å². The van der Waals surface area contributed by atoms with E-state index in [1.54, 1.807) is 6.07 Å². The summed E-state index contributed by atoms with van der Waals surface area (Å²) in [7, 11) is 1.52. The van der Waals surface area contributed by atoms with Gasteiger partial charge in [0.05, 0.1) is 12.8 Å². The van der Waals surface area contributed by atoms with Gasteiger partial charge in [-0.05, 0) is 30.7 Å². The molecule has 0 unspecified atom stereocenters. The summed E-state index contributed by atoms with van der Waals surface area (Å²) in [4.78, 5) is 4.22. The van der Waals surface area contributed by atoms with Crippen LogP contribution in [-0.4, -0.2) is 12.1 Å². The zero-order valence-electron chi connectivity index (χ0n) is 10.4. The first kappa shape index (κ1) is 12.4. The normalized spacial score (nSPS) is 10.2. The second-order valence-corrected chi connectivity index (χ2v) is 4.01. The number of aryl methyl sites for hydroxylation is 1. The number of halogens is 1. The maximum Gasteiger partial charge on any atom is 0.144 e. The van der Waals surface area contributed by atoms with Crippen LogP contribution in [0.3, 0.4) is 0 Å². The molecular formula is C14H15FN2O. The number of hydrogen-bond donors (Lipinski definition) is 1. The van der Waals surface area contributed by atoms with Gasteiger partial charge in [0.2, 0.25) is 0 Å². The second-order valence-electron chi connectivity index (χ2n) is 4.01. The molecule has 0 spiro atoms. The van der Waals surface area contributed by atoms with Gasteiger partial charge in [0, 0.05) is 24.5 Å². The summed E-state index contributed by atoms with van der Waals surface area (Å²) in [5, 5.41) is 3.20. The third kappa shape index (κ3) is 2.97. The van der Waals surface area contributed by atoms with Gasteiger partial charge < -0.3 is 10.1 Å². The van der Waals surface area contributed by atoms with Crippen molar-refractivity contribution in [3.05, 3.63) is 53.6 Å². The summed E-state index contributed by atoms with van der Waals surface area (Å²) in [6, 6.07) is 8.38. The Labute approximate surface area is 106 Å². The standard InChI is InChI=1S/C14H15FN2O/c1-10-3-4-11(8-16-10)9-17-13-6-5-12(15)7-14(13)18-2/h3-8,17H,9H2,1-2H3. The summed E-state index contributed by atoms with van der Waals surface area (Å²) >= 11 is 0. The maximum atomic E-state index is 13.0. The fraction of sp³-hybridized carbons (Fsp3) is 0.214. The molecule has 94 valence electrons. The van der Waals surface area contributed by atoms with E-state index in [-0.39, 0.29) is 5.82 Å². The molecule has 1 heterocycles. The lowest BCUT2D eigenvalue weighted by Crippen LogP contribution is -2.02. The third-order valence-electron chi connectivity index (χ3n) is 2.62. The molecule has 18 heavy (non-hydrogen) atoms. The van der Waals surface area contributed by atoms with Crippen LogP contribution in [0, 0.1) is 12.7 Å². The van der Waals surface area contributed by atoms with E-state index in [2.05, 4.69) is 10.3 Å². The molecule has 3 nitrogen and oxygen atoms in total. The van der Waals surface area contributed by atoms with Crippen molar-refractivity contribution in [3.63, 3.8) is 0 Å². The molecule has 2 aromatic rings. The molecule has 1 aromatic heterocycles. The lowest BCUT2D eigenvalue weighted by molar-refractivity contribution is 0.413. The molecule has 0 bridgehead atoms. The third-order valence-corrected chi connectivity index (χ3v) is 2.62. The van der Waals surface area contributed by atoms with Crippen molar-refractivity contribution in [1.29, 1.82) is 0 Å². The van der Waals surface area contributed by atoms with E-state index in [1.807, 2.05) is 25.3 Å². The van der Waals surface area contributed by atoms with Gasteiger partial charge in [-0.15, -0.1) is 0 Å². The van der Waals surface area contributed by atoms with Gasteiger partial charge in [0.1, 0.15) is 11.6 Å². The Morgan fingerprint density at radius 2 is 2.11 bits per heavy atom. The fourth-order valence-electron chi connectivity index (χ4n) is 1.61. The molecule has 0 amide bonds. The van der Waals surface area contributed by atoms with E-state index >= 15 is 0 Å². The van der Waals surface area contributed by atoms with E-state index in [0.717, 1.165) is 16.9 Å². The monoisotopic (exact) mass is 246 g/mol. The summed E-state index contributed by atoms with van der Waals surface area (Å²) < 4.78 is 18.1. The average Bonchev–Trinajstić information content (AvgIpc) is 2.39. The maximum absolute atomic E-state index is 13.0. The second kappa shape index (κ2) is 5.49. The summed E-state index contributed by atoms with van der Waals surface area (Å²) in [5.41, 5.74) is 2.81. The number of benzene rings is 1. The average molecular weight is 246 g/mol. The SMILES string of the molecule is COc1cc(F)ccc1NCc1ccc(C)nc1. The Kier molecular flexibility index (Phi) is 3.77.